The maximum absolute atomic E-state index is 12.8. The number of hydrogen-bond acceptors (Lipinski definition) is 6. The summed E-state index contributed by atoms with van der Waals surface area (Å²) in [5, 5.41) is 2.90. The van der Waals surface area contributed by atoms with Crippen molar-refractivity contribution in [3.8, 4) is 11.5 Å². The zero-order chi connectivity index (χ0) is 26.6. The topological polar surface area (TPSA) is 134 Å². The van der Waals surface area contributed by atoms with Gasteiger partial charge in [0.05, 0.1) is 7.11 Å². The van der Waals surface area contributed by atoms with Crippen molar-refractivity contribution in [3.63, 3.8) is 0 Å². The first-order chi connectivity index (χ1) is 17.1. The Morgan fingerprint density at radius 2 is 2.00 bits per heavy atom. The molecule has 202 valence electrons. The molecule has 1 aromatic rings. The monoisotopic (exact) mass is 525 g/mol. The van der Waals surface area contributed by atoms with E-state index in [-0.39, 0.29) is 18.2 Å². The van der Waals surface area contributed by atoms with E-state index in [2.05, 4.69) is 31.3 Å². The van der Waals surface area contributed by atoms with E-state index in [0.29, 0.717) is 37.6 Å². The molecule has 1 unspecified atom stereocenters. The molecule has 3 N–H and O–H groups in total. The van der Waals surface area contributed by atoms with Gasteiger partial charge in [-0.3, -0.25) is 9.35 Å². The van der Waals surface area contributed by atoms with Gasteiger partial charge in [0.25, 0.3) is 0 Å². The highest BCUT2D eigenvalue weighted by Crippen LogP contribution is 2.29. The van der Waals surface area contributed by atoms with Gasteiger partial charge < -0.3 is 19.7 Å². The molecule has 1 fully saturated rings. The lowest BCUT2D eigenvalue weighted by Gasteiger charge is -2.34. The number of amides is 2. The second kappa shape index (κ2) is 14.8. The van der Waals surface area contributed by atoms with E-state index in [0.717, 1.165) is 37.7 Å². The van der Waals surface area contributed by atoms with Gasteiger partial charge in [0.15, 0.2) is 11.5 Å². The maximum Gasteiger partial charge on any atom is 0.415 e. The number of methoxy groups -OCH3 is 1. The lowest BCUT2D eigenvalue weighted by Crippen LogP contribution is -2.50. The summed E-state index contributed by atoms with van der Waals surface area (Å²) in [5.74, 6) is 1.08. The van der Waals surface area contributed by atoms with Crippen molar-refractivity contribution in [1.29, 1.82) is 0 Å². The molecule has 2 rings (SSSR count). The zero-order valence-corrected chi connectivity index (χ0v) is 22.2. The van der Waals surface area contributed by atoms with Gasteiger partial charge >= 0.3 is 16.4 Å². The summed E-state index contributed by atoms with van der Waals surface area (Å²) in [6.45, 7) is 4.91. The Labute approximate surface area is 214 Å². The van der Waals surface area contributed by atoms with E-state index in [1.54, 1.807) is 18.2 Å². The fraction of sp³-hybridized carbons (Fsp3) is 0.600. The first-order valence-electron chi connectivity index (χ1n) is 12.4. The van der Waals surface area contributed by atoms with Crippen LogP contribution in [-0.2, 0) is 21.6 Å². The minimum atomic E-state index is -4.35. The SMILES string of the molecule is COc1cc(CNC(=O)CCCC/C=C/C(C)C)ccc1OC(=O)N1CCCCC1CNS(=O)(=O)O. The molecule has 1 saturated heterocycles. The van der Waals surface area contributed by atoms with E-state index in [1.807, 2.05) is 4.72 Å². The van der Waals surface area contributed by atoms with Crippen LogP contribution in [-0.4, -0.2) is 56.1 Å². The molecular formula is C25H39N3O7S. The summed E-state index contributed by atoms with van der Waals surface area (Å²) in [7, 11) is -2.89. The van der Waals surface area contributed by atoms with E-state index in [9.17, 15) is 18.0 Å². The third kappa shape index (κ3) is 11.0. The van der Waals surface area contributed by atoms with E-state index in [4.69, 9.17) is 14.0 Å². The van der Waals surface area contributed by atoms with E-state index in [1.165, 1.54) is 12.0 Å². The summed E-state index contributed by atoms with van der Waals surface area (Å²) in [4.78, 5) is 26.4. The molecular weight excluding hydrogens is 486 g/mol. The normalized spacial score (nSPS) is 16.4. The number of allylic oxidation sites excluding steroid dienone is 2. The van der Waals surface area contributed by atoms with Crippen LogP contribution in [0.4, 0.5) is 4.79 Å². The number of likely N-dealkylation sites (tertiary alicyclic amines) is 1. The smallest absolute Gasteiger partial charge is 0.415 e. The molecule has 0 aromatic heterocycles. The number of unbranched alkanes of at least 4 members (excludes halogenated alkanes) is 2. The van der Waals surface area contributed by atoms with Gasteiger partial charge in [0.1, 0.15) is 0 Å². The quantitative estimate of drug-likeness (QED) is 0.202. The summed E-state index contributed by atoms with van der Waals surface area (Å²) in [5.41, 5.74) is 0.799. The van der Waals surface area contributed by atoms with Crippen molar-refractivity contribution < 1.29 is 32.0 Å². The van der Waals surface area contributed by atoms with Crippen LogP contribution >= 0.6 is 0 Å². The Morgan fingerprint density at radius 3 is 2.69 bits per heavy atom. The van der Waals surface area contributed by atoms with Gasteiger partial charge in [-0.1, -0.05) is 32.1 Å². The van der Waals surface area contributed by atoms with Crippen LogP contribution in [0.2, 0.25) is 0 Å². The minimum absolute atomic E-state index is 0.0213. The number of carbonyl (C=O) groups is 2. The van der Waals surface area contributed by atoms with Crippen LogP contribution < -0.4 is 19.5 Å². The largest absolute Gasteiger partial charge is 0.493 e. The molecule has 1 heterocycles. The summed E-state index contributed by atoms with van der Waals surface area (Å²) < 4.78 is 44.0. The van der Waals surface area contributed by atoms with Crippen LogP contribution in [0.1, 0.15) is 64.4 Å². The second-order valence-corrected chi connectivity index (χ2v) is 10.5. The van der Waals surface area contributed by atoms with Gasteiger partial charge in [-0.2, -0.15) is 13.1 Å². The van der Waals surface area contributed by atoms with Crippen LogP contribution in [0.25, 0.3) is 0 Å². The summed E-state index contributed by atoms with van der Waals surface area (Å²) in [6, 6.07) is 4.62. The maximum atomic E-state index is 12.8. The molecule has 0 saturated carbocycles. The predicted octanol–water partition coefficient (Wildman–Crippen LogP) is 3.83. The highest BCUT2D eigenvalue weighted by Gasteiger charge is 2.29. The number of nitrogens with zero attached hydrogens (tertiary/aromatic N) is 1. The highest BCUT2D eigenvalue weighted by atomic mass is 32.2. The number of ether oxygens (including phenoxy) is 2. The van der Waals surface area contributed by atoms with Crippen LogP contribution in [0, 0.1) is 5.92 Å². The molecule has 1 aliphatic rings. The van der Waals surface area contributed by atoms with Crippen LogP contribution in [0.5, 0.6) is 11.5 Å². The lowest BCUT2D eigenvalue weighted by atomic mass is 10.0. The highest BCUT2D eigenvalue weighted by molar-refractivity contribution is 7.83. The first kappa shape index (κ1) is 29.6. The molecule has 0 bridgehead atoms. The molecule has 2 amide bonds. The second-order valence-electron chi connectivity index (χ2n) is 9.21. The fourth-order valence-electron chi connectivity index (χ4n) is 3.92. The van der Waals surface area contributed by atoms with Gasteiger partial charge in [0, 0.05) is 32.1 Å². The Balaban J connectivity index is 1.87. The Kier molecular flexibility index (Phi) is 12.2. The molecule has 1 aliphatic heterocycles. The van der Waals surface area contributed by atoms with Gasteiger partial charge in [0.2, 0.25) is 5.91 Å². The number of benzene rings is 1. The Hall–Kier alpha value is -2.63. The average molecular weight is 526 g/mol. The van der Waals surface area contributed by atoms with Gasteiger partial charge in [-0.25, -0.2) is 4.79 Å². The van der Waals surface area contributed by atoms with Crippen molar-refractivity contribution >= 4 is 22.3 Å². The van der Waals surface area contributed by atoms with Crippen molar-refractivity contribution in [3.05, 3.63) is 35.9 Å². The van der Waals surface area contributed by atoms with Crippen molar-refractivity contribution in [2.75, 3.05) is 20.2 Å². The summed E-state index contributed by atoms with van der Waals surface area (Å²) in [6.07, 6.45) is 9.11. The molecule has 11 heteroatoms. The molecule has 0 spiro atoms. The van der Waals surface area contributed by atoms with Crippen molar-refractivity contribution in [2.24, 2.45) is 5.92 Å². The standard InChI is InChI=1S/C25H39N3O7S/c1-19(2)10-6-4-5-7-12-24(29)26-17-20-13-14-22(23(16-20)34-3)35-25(30)28-15-9-8-11-21(28)18-27-36(31,32)33/h6,10,13-14,16,19,21,27H,4-5,7-9,11-12,15,17-18H2,1-3H3,(H,26,29)(H,31,32,33)/b10-6+. The molecule has 10 nitrogen and oxygen atoms in total. The van der Waals surface area contributed by atoms with Gasteiger partial charge in [-0.15, -0.1) is 0 Å². The predicted molar refractivity (Wildman–Crippen MR) is 137 cm³/mol. The third-order valence-corrected chi connectivity index (χ3v) is 6.36. The molecule has 1 atom stereocenters. The third-order valence-electron chi connectivity index (χ3n) is 5.82. The molecule has 0 aliphatic carbocycles. The lowest BCUT2D eigenvalue weighted by molar-refractivity contribution is -0.121. The summed E-state index contributed by atoms with van der Waals surface area (Å²) >= 11 is 0. The van der Waals surface area contributed by atoms with Crippen molar-refractivity contribution in [2.45, 2.75) is 71.4 Å². The van der Waals surface area contributed by atoms with E-state index >= 15 is 0 Å². The number of nitrogens with one attached hydrogen (secondary N) is 2. The number of rotatable bonds is 13. The molecule has 36 heavy (non-hydrogen) atoms. The van der Waals surface area contributed by atoms with E-state index < -0.39 is 22.4 Å². The van der Waals surface area contributed by atoms with Crippen LogP contribution in [0.15, 0.2) is 30.4 Å². The number of hydrogen-bond donors (Lipinski definition) is 3. The first-order valence-corrected chi connectivity index (χ1v) is 13.8. The van der Waals surface area contributed by atoms with Crippen molar-refractivity contribution in [1.82, 2.24) is 14.9 Å². The number of piperidine rings is 1. The average Bonchev–Trinajstić information content (AvgIpc) is 2.83. The van der Waals surface area contributed by atoms with Crippen LogP contribution in [0.3, 0.4) is 0 Å². The van der Waals surface area contributed by atoms with Gasteiger partial charge in [-0.05, 0) is 62.1 Å². The Bertz CT molecular complexity index is 995. The molecule has 0 radical (unpaired) electrons. The number of carbonyl (C=O) groups excluding carboxylic acids is 2. The molecule has 1 aromatic carbocycles. The minimum Gasteiger partial charge on any atom is -0.493 e. The fourth-order valence-corrected chi connectivity index (χ4v) is 4.32. The Morgan fingerprint density at radius 1 is 1.22 bits per heavy atom. The zero-order valence-electron chi connectivity index (χ0n) is 21.4.